The molecular formula is C20H18BrNO2. The minimum Gasteiger partial charge on any atom is -0.371 e. The molecule has 0 aliphatic carbocycles. The Balaban J connectivity index is 1.56. The number of aryl methyl sites for hydroxylation is 1. The monoisotopic (exact) mass is 383 g/mol. The third-order valence-electron chi connectivity index (χ3n) is 3.90. The van der Waals surface area contributed by atoms with Gasteiger partial charge in [-0.3, -0.25) is 4.79 Å². The predicted octanol–water partition coefficient (Wildman–Crippen LogP) is 4.90. The van der Waals surface area contributed by atoms with Crippen LogP contribution in [0.5, 0.6) is 0 Å². The Bertz CT molecular complexity index is 881. The van der Waals surface area contributed by atoms with Crippen molar-refractivity contribution in [3.05, 3.63) is 82.5 Å². The SMILES string of the molecule is Cn1c(COC/C=C/C(=O)c2ccccc2)cc2ccc(Br)cc21. The number of allylic oxidation sites excluding steroid dienone is 1. The minimum atomic E-state index is -0.00587. The zero-order valence-electron chi connectivity index (χ0n) is 13.4. The standard InChI is InChI=1S/C20H18BrNO2/c1-22-18(12-16-9-10-17(21)13-19(16)22)14-24-11-5-8-20(23)15-6-3-2-4-7-15/h2-10,12-13H,11,14H2,1H3/b8-5+. The number of halogens is 1. The maximum atomic E-state index is 11.9. The highest BCUT2D eigenvalue weighted by Gasteiger charge is 2.06. The summed E-state index contributed by atoms with van der Waals surface area (Å²) in [6.45, 7) is 0.913. The van der Waals surface area contributed by atoms with Gasteiger partial charge in [-0.25, -0.2) is 0 Å². The van der Waals surface area contributed by atoms with Crippen LogP contribution >= 0.6 is 15.9 Å². The summed E-state index contributed by atoms with van der Waals surface area (Å²) in [6, 6.07) is 17.6. The number of rotatable bonds is 6. The minimum absolute atomic E-state index is 0.00587. The molecule has 122 valence electrons. The highest BCUT2D eigenvalue weighted by molar-refractivity contribution is 9.10. The summed E-state index contributed by atoms with van der Waals surface area (Å²) < 4.78 is 8.86. The Hall–Kier alpha value is -2.17. The van der Waals surface area contributed by atoms with Crippen LogP contribution in [0.2, 0.25) is 0 Å². The van der Waals surface area contributed by atoms with E-state index < -0.39 is 0 Å². The van der Waals surface area contributed by atoms with E-state index in [1.165, 1.54) is 5.39 Å². The van der Waals surface area contributed by atoms with E-state index in [4.69, 9.17) is 4.74 Å². The number of hydrogen-bond donors (Lipinski definition) is 0. The summed E-state index contributed by atoms with van der Waals surface area (Å²) in [5.74, 6) is -0.00587. The first-order chi connectivity index (χ1) is 11.6. The molecule has 0 N–H and O–H groups in total. The van der Waals surface area contributed by atoms with Crippen LogP contribution in [0.1, 0.15) is 16.1 Å². The van der Waals surface area contributed by atoms with E-state index in [-0.39, 0.29) is 5.78 Å². The number of aromatic nitrogens is 1. The molecule has 3 nitrogen and oxygen atoms in total. The average molecular weight is 384 g/mol. The topological polar surface area (TPSA) is 31.2 Å². The van der Waals surface area contributed by atoms with Gasteiger partial charge in [-0.2, -0.15) is 0 Å². The first-order valence-corrected chi connectivity index (χ1v) is 8.52. The van der Waals surface area contributed by atoms with Crippen LogP contribution < -0.4 is 0 Å². The van der Waals surface area contributed by atoms with Gasteiger partial charge in [0.05, 0.1) is 13.2 Å². The lowest BCUT2D eigenvalue weighted by Gasteiger charge is -2.04. The van der Waals surface area contributed by atoms with E-state index in [2.05, 4.69) is 38.7 Å². The van der Waals surface area contributed by atoms with Gasteiger partial charge in [0.2, 0.25) is 0 Å². The van der Waals surface area contributed by atoms with Gasteiger partial charge in [0.1, 0.15) is 0 Å². The van der Waals surface area contributed by atoms with Gasteiger partial charge >= 0.3 is 0 Å². The Morgan fingerprint density at radius 2 is 1.96 bits per heavy atom. The molecule has 0 bridgehead atoms. The van der Waals surface area contributed by atoms with Crippen LogP contribution in [0.4, 0.5) is 0 Å². The van der Waals surface area contributed by atoms with E-state index in [1.807, 2.05) is 31.3 Å². The maximum Gasteiger partial charge on any atom is 0.185 e. The van der Waals surface area contributed by atoms with Crippen molar-refractivity contribution in [3.63, 3.8) is 0 Å². The third-order valence-corrected chi connectivity index (χ3v) is 4.39. The van der Waals surface area contributed by atoms with Crippen LogP contribution in [0.3, 0.4) is 0 Å². The molecule has 24 heavy (non-hydrogen) atoms. The van der Waals surface area contributed by atoms with Crippen molar-refractivity contribution in [1.82, 2.24) is 4.57 Å². The van der Waals surface area contributed by atoms with Crippen molar-refractivity contribution < 1.29 is 9.53 Å². The van der Waals surface area contributed by atoms with Crippen molar-refractivity contribution in [2.45, 2.75) is 6.61 Å². The van der Waals surface area contributed by atoms with Crippen LogP contribution in [0, 0.1) is 0 Å². The van der Waals surface area contributed by atoms with Gasteiger partial charge in [-0.15, -0.1) is 0 Å². The molecule has 4 heteroatoms. The smallest absolute Gasteiger partial charge is 0.185 e. The summed E-state index contributed by atoms with van der Waals surface area (Å²) in [7, 11) is 2.03. The van der Waals surface area contributed by atoms with Gasteiger partial charge in [0.25, 0.3) is 0 Å². The van der Waals surface area contributed by atoms with Crippen molar-refractivity contribution in [2.75, 3.05) is 6.61 Å². The molecule has 0 fully saturated rings. The Morgan fingerprint density at radius 1 is 1.17 bits per heavy atom. The highest BCUT2D eigenvalue weighted by Crippen LogP contribution is 2.23. The second-order valence-corrected chi connectivity index (χ2v) is 6.46. The Morgan fingerprint density at radius 3 is 2.75 bits per heavy atom. The van der Waals surface area contributed by atoms with Gasteiger partial charge in [0.15, 0.2) is 5.78 Å². The number of fused-ring (bicyclic) bond motifs is 1. The number of ether oxygens (including phenoxy) is 1. The number of ketones is 1. The summed E-state index contributed by atoms with van der Waals surface area (Å²) in [5.41, 5.74) is 2.96. The van der Waals surface area contributed by atoms with Crippen LogP contribution in [-0.4, -0.2) is 17.0 Å². The molecule has 3 rings (SSSR count). The molecule has 0 spiro atoms. The van der Waals surface area contributed by atoms with E-state index in [0.29, 0.717) is 18.8 Å². The van der Waals surface area contributed by atoms with Crippen molar-refractivity contribution in [2.24, 2.45) is 7.05 Å². The molecular weight excluding hydrogens is 366 g/mol. The normalized spacial score (nSPS) is 11.4. The lowest BCUT2D eigenvalue weighted by atomic mass is 10.1. The first-order valence-electron chi connectivity index (χ1n) is 7.72. The van der Waals surface area contributed by atoms with Gasteiger partial charge in [-0.05, 0) is 24.3 Å². The zero-order chi connectivity index (χ0) is 16.9. The van der Waals surface area contributed by atoms with Crippen LogP contribution in [-0.2, 0) is 18.4 Å². The molecule has 0 unspecified atom stereocenters. The Labute approximate surface area is 149 Å². The second-order valence-electron chi connectivity index (χ2n) is 5.55. The zero-order valence-corrected chi connectivity index (χ0v) is 15.0. The van der Waals surface area contributed by atoms with E-state index in [1.54, 1.807) is 24.3 Å². The largest absolute Gasteiger partial charge is 0.371 e. The molecule has 3 aromatic rings. The van der Waals surface area contributed by atoms with Crippen molar-refractivity contribution in [3.8, 4) is 0 Å². The van der Waals surface area contributed by atoms with Crippen LogP contribution in [0.25, 0.3) is 10.9 Å². The van der Waals surface area contributed by atoms with E-state index >= 15 is 0 Å². The molecule has 1 aromatic heterocycles. The van der Waals surface area contributed by atoms with Gasteiger partial charge in [-0.1, -0.05) is 58.4 Å². The lowest BCUT2D eigenvalue weighted by molar-refractivity contribution is 0.104. The molecule has 0 amide bonds. The summed E-state index contributed by atoms with van der Waals surface area (Å²) in [6.07, 6.45) is 3.32. The lowest BCUT2D eigenvalue weighted by Crippen LogP contribution is -2.00. The van der Waals surface area contributed by atoms with Crippen molar-refractivity contribution >= 4 is 32.6 Å². The number of nitrogens with zero attached hydrogens (tertiary/aromatic N) is 1. The molecule has 0 saturated carbocycles. The summed E-state index contributed by atoms with van der Waals surface area (Å²) >= 11 is 3.50. The fourth-order valence-corrected chi connectivity index (χ4v) is 2.93. The predicted molar refractivity (Wildman–Crippen MR) is 100 cm³/mol. The fourth-order valence-electron chi connectivity index (χ4n) is 2.58. The summed E-state index contributed by atoms with van der Waals surface area (Å²) in [4.78, 5) is 11.9. The fraction of sp³-hybridized carbons (Fsp3) is 0.150. The molecule has 2 aromatic carbocycles. The number of carbonyl (C=O) groups excluding carboxylic acids is 1. The van der Waals surface area contributed by atoms with E-state index in [9.17, 15) is 4.79 Å². The average Bonchev–Trinajstić information content (AvgIpc) is 2.91. The first kappa shape index (κ1) is 16.7. The summed E-state index contributed by atoms with van der Waals surface area (Å²) in [5, 5.41) is 1.19. The van der Waals surface area contributed by atoms with Crippen LogP contribution in [0.15, 0.2) is 71.2 Å². The maximum absolute atomic E-state index is 11.9. The Kier molecular flexibility index (Phi) is 5.28. The number of carbonyl (C=O) groups is 1. The second kappa shape index (κ2) is 7.60. The van der Waals surface area contributed by atoms with Gasteiger partial charge in [0, 0.05) is 33.7 Å². The van der Waals surface area contributed by atoms with Gasteiger partial charge < -0.3 is 9.30 Å². The quantitative estimate of drug-likeness (QED) is 0.344. The molecule has 0 saturated heterocycles. The molecule has 0 radical (unpaired) electrons. The number of benzene rings is 2. The molecule has 1 heterocycles. The molecule has 0 aliphatic rings. The number of hydrogen-bond acceptors (Lipinski definition) is 2. The third kappa shape index (κ3) is 3.83. The molecule has 0 atom stereocenters. The van der Waals surface area contributed by atoms with E-state index in [0.717, 1.165) is 15.7 Å². The molecule has 0 aliphatic heterocycles. The van der Waals surface area contributed by atoms with Crippen molar-refractivity contribution in [1.29, 1.82) is 0 Å². The highest BCUT2D eigenvalue weighted by atomic mass is 79.9.